The van der Waals surface area contributed by atoms with E-state index >= 15 is 0 Å². The fourth-order valence-electron chi connectivity index (χ4n) is 3.06. The highest BCUT2D eigenvalue weighted by Crippen LogP contribution is 2.42. The van der Waals surface area contributed by atoms with Crippen molar-refractivity contribution in [2.75, 3.05) is 18.2 Å². The smallest absolute Gasteiger partial charge is 0.336 e. The number of carbonyl (C=O) groups is 1. The number of halogens is 2. The fraction of sp³-hybridized carbons (Fsp3) is 0.278. The molecule has 1 aromatic carbocycles. The van der Waals surface area contributed by atoms with Crippen molar-refractivity contribution in [1.29, 1.82) is 0 Å². The van der Waals surface area contributed by atoms with Gasteiger partial charge in [-0.05, 0) is 30.4 Å². The van der Waals surface area contributed by atoms with Crippen LogP contribution in [0.15, 0.2) is 39.4 Å². The molecule has 2 aromatic rings. The number of allylic oxidation sites excluding steroid dienone is 1. The molecule has 3 rings (SSSR count). The van der Waals surface area contributed by atoms with E-state index in [0.29, 0.717) is 43.4 Å². The topological polar surface area (TPSA) is 84.1 Å². The van der Waals surface area contributed by atoms with Gasteiger partial charge in [0.05, 0.1) is 24.2 Å². The Kier molecular flexibility index (Phi) is 5.83. The number of fused-ring (bicyclic) bond motifs is 1. The molecule has 1 aliphatic heterocycles. The average molecular weight is 426 g/mol. The number of benzene rings is 1. The molecule has 1 unspecified atom stereocenters. The highest BCUT2D eigenvalue weighted by atomic mass is 35.5. The van der Waals surface area contributed by atoms with Gasteiger partial charge in [-0.2, -0.15) is 0 Å². The van der Waals surface area contributed by atoms with Gasteiger partial charge in [-0.25, -0.2) is 9.78 Å². The summed E-state index contributed by atoms with van der Waals surface area (Å²) in [6.07, 6.45) is 0. The zero-order valence-electron chi connectivity index (χ0n) is 14.9. The second-order valence-electron chi connectivity index (χ2n) is 5.82. The van der Waals surface area contributed by atoms with E-state index in [0.717, 1.165) is 5.75 Å². The van der Waals surface area contributed by atoms with Gasteiger partial charge in [-0.15, -0.1) is 0 Å². The zero-order chi connectivity index (χ0) is 19.7. The molecule has 9 heteroatoms. The molecule has 1 atom stereocenters. The molecule has 0 radical (unpaired) electrons. The summed E-state index contributed by atoms with van der Waals surface area (Å²) in [6.45, 7) is 3.70. The number of ether oxygens (including phenoxy) is 1. The number of H-pyrrole nitrogens is 1. The van der Waals surface area contributed by atoms with Crippen molar-refractivity contribution >= 4 is 46.8 Å². The molecule has 0 amide bonds. The predicted molar refractivity (Wildman–Crippen MR) is 108 cm³/mol. The zero-order valence-corrected chi connectivity index (χ0v) is 17.2. The van der Waals surface area contributed by atoms with Crippen LogP contribution in [0, 0.1) is 0 Å². The monoisotopic (exact) mass is 425 g/mol. The summed E-state index contributed by atoms with van der Waals surface area (Å²) in [5, 5.41) is 4.37. The minimum atomic E-state index is -0.726. The van der Waals surface area contributed by atoms with E-state index < -0.39 is 11.9 Å². The number of nitrogens with one attached hydrogen (secondary N) is 2. The van der Waals surface area contributed by atoms with Crippen molar-refractivity contribution in [2.24, 2.45) is 0 Å². The first kappa shape index (κ1) is 19.8. The Morgan fingerprint density at radius 2 is 2.11 bits per heavy atom. The fourth-order valence-corrected chi connectivity index (χ4v) is 4.17. The molecular weight excluding hydrogens is 409 g/mol. The van der Waals surface area contributed by atoms with Gasteiger partial charge in [-0.1, -0.05) is 48.0 Å². The third kappa shape index (κ3) is 3.72. The molecule has 1 aliphatic rings. The van der Waals surface area contributed by atoms with Gasteiger partial charge in [0.1, 0.15) is 5.82 Å². The molecule has 2 heterocycles. The van der Waals surface area contributed by atoms with E-state index in [1.807, 2.05) is 6.92 Å². The predicted octanol–water partition coefficient (Wildman–Crippen LogP) is 4.19. The van der Waals surface area contributed by atoms with Gasteiger partial charge >= 0.3 is 5.97 Å². The Bertz CT molecular complexity index is 1000. The van der Waals surface area contributed by atoms with Gasteiger partial charge in [0.15, 0.2) is 5.16 Å². The number of thioether (sulfide) groups is 1. The lowest BCUT2D eigenvalue weighted by atomic mass is 9.82. The average Bonchev–Trinajstić information content (AvgIpc) is 2.60. The molecule has 6 nitrogen and oxygen atoms in total. The second-order valence-corrected chi connectivity index (χ2v) is 7.92. The van der Waals surface area contributed by atoms with E-state index in [9.17, 15) is 9.59 Å². The molecule has 27 heavy (non-hydrogen) atoms. The summed E-state index contributed by atoms with van der Waals surface area (Å²) in [7, 11) is 1.29. The summed E-state index contributed by atoms with van der Waals surface area (Å²) in [5.41, 5.74) is 1.40. The van der Waals surface area contributed by atoms with Crippen molar-refractivity contribution in [3.05, 3.63) is 61.0 Å². The molecule has 142 valence electrons. The first-order chi connectivity index (χ1) is 12.9. The SMILES string of the molecule is CCSc1nc2c(c(=O)[nH]1)C(c1ccc(Cl)cc1Cl)C(C(=O)OC)=C(C)N2. The van der Waals surface area contributed by atoms with Crippen molar-refractivity contribution in [3.63, 3.8) is 0 Å². The summed E-state index contributed by atoms with van der Waals surface area (Å²) >= 11 is 13.8. The Labute approximate surface area is 170 Å². The lowest BCUT2D eigenvalue weighted by molar-refractivity contribution is -0.136. The maximum absolute atomic E-state index is 12.9. The van der Waals surface area contributed by atoms with E-state index in [1.165, 1.54) is 18.9 Å². The minimum Gasteiger partial charge on any atom is -0.466 e. The number of hydrogen-bond acceptors (Lipinski definition) is 6. The Hall–Kier alpha value is -1.96. The number of aromatic nitrogens is 2. The van der Waals surface area contributed by atoms with Gasteiger partial charge in [0.25, 0.3) is 5.56 Å². The van der Waals surface area contributed by atoms with E-state index in [4.69, 9.17) is 27.9 Å². The molecule has 0 saturated heterocycles. The van der Waals surface area contributed by atoms with E-state index in [2.05, 4.69) is 15.3 Å². The highest BCUT2D eigenvalue weighted by Gasteiger charge is 2.37. The Balaban J connectivity index is 2.29. The van der Waals surface area contributed by atoms with Crippen LogP contribution in [0.25, 0.3) is 0 Å². The number of carbonyl (C=O) groups excluding carboxylic acids is 1. The number of anilines is 1. The Morgan fingerprint density at radius 3 is 2.74 bits per heavy atom. The van der Waals surface area contributed by atoms with Crippen LogP contribution in [0.4, 0.5) is 5.82 Å². The lowest BCUT2D eigenvalue weighted by Gasteiger charge is -2.29. The second kappa shape index (κ2) is 7.96. The first-order valence-corrected chi connectivity index (χ1v) is 9.89. The number of aromatic amines is 1. The summed E-state index contributed by atoms with van der Waals surface area (Å²) in [4.78, 5) is 32.7. The van der Waals surface area contributed by atoms with Crippen molar-refractivity contribution in [1.82, 2.24) is 9.97 Å². The summed E-state index contributed by atoms with van der Waals surface area (Å²) in [6, 6.07) is 4.94. The molecule has 0 aliphatic carbocycles. The number of rotatable bonds is 4. The third-order valence-electron chi connectivity index (χ3n) is 4.18. The molecular formula is C18H17Cl2N3O3S. The van der Waals surface area contributed by atoms with E-state index in [1.54, 1.807) is 25.1 Å². The third-order valence-corrected chi connectivity index (χ3v) is 5.50. The van der Waals surface area contributed by atoms with Gasteiger partial charge in [-0.3, -0.25) is 4.79 Å². The van der Waals surface area contributed by atoms with Crippen molar-refractivity contribution < 1.29 is 9.53 Å². The highest BCUT2D eigenvalue weighted by molar-refractivity contribution is 7.99. The summed E-state index contributed by atoms with van der Waals surface area (Å²) < 4.78 is 4.95. The number of esters is 1. The first-order valence-electron chi connectivity index (χ1n) is 8.15. The largest absolute Gasteiger partial charge is 0.466 e. The normalized spacial score (nSPS) is 16.0. The van der Waals surface area contributed by atoms with E-state index in [-0.39, 0.29) is 5.56 Å². The number of hydrogen-bond donors (Lipinski definition) is 2. The maximum atomic E-state index is 12.9. The van der Waals surface area contributed by atoms with Crippen LogP contribution in [-0.4, -0.2) is 28.8 Å². The van der Waals surface area contributed by atoms with Crippen LogP contribution >= 0.6 is 35.0 Å². The molecule has 1 aromatic heterocycles. The van der Waals surface area contributed by atoms with Crippen LogP contribution in [0.1, 0.15) is 30.9 Å². The van der Waals surface area contributed by atoms with Gasteiger partial charge < -0.3 is 15.0 Å². The number of nitrogens with zero attached hydrogens (tertiary/aromatic N) is 1. The van der Waals surface area contributed by atoms with Gasteiger partial charge in [0, 0.05) is 15.7 Å². The quantitative estimate of drug-likeness (QED) is 0.433. The maximum Gasteiger partial charge on any atom is 0.336 e. The van der Waals surface area contributed by atoms with Crippen LogP contribution in [0.5, 0.6) is 0 Å². The van der Waals surface area contributed by atoms with Crippen LogP contribution < -0.4 is 10.9 Å². The van der Waals surface area contributed by atoms with Crippen LogP contribution in [0.2, 0.25) is 10.0 Å². The van der Waals surface area contributed by atoms with Gasteiger partial charge in [0.2, 0.25) is 0 Å². The lowest BCUT2D eigenvalue weighted by Crippen LogP contribution is -2.31. The Morgan fingerprint density at radius 1 is 1.37 bits per heavy atom. The van der Waals surface area contributed by atoms with Crippen molar-refractivity contribution in [2.45, 2.75) is 24.9 Å². The van der Waals surface area contributed by atoms with Crippen molar-refractivity contribution in [3.8, 4) is 0 Å². The molecule has 0 saturated carbocycles. The minimum absolute atomic E-state index is 0.303. The van der Waals surface area contributed by atoms with Crippen LogP contribution in [0.3, 0.4) is 0 Å². The molecule has 0 fully saturated rings. The standard InChI is InChI=1S/C18H17Cl2N3O3S/c1-4-27-18-22-15-14(16(24)23-18)13(10-6-5-9(19)7-11(10)20)12(8(2)21-15)17(25)26-3/h5-7,13H,4H2,1-3H3,(H2,21,22,23,24). The van der Waals surface area contributed by atoms with Crippen LogP contribution in [-0.2, 0) is 9.53 Å². The summed E-state index contributed by atoms with van der Waals surface area (Å²) in [5.74, 6) is -0.115. The molecule has 0 spiro atoms. The number of methoxy groups -OCH3 is 1. The molecule has 2 N–H and O–H groups in total. The molecule has 0 bridgehead atoms.